The van der Waals surface area contributed by atoms with Crippen LogP contribution in [-0.2, 0) is 10.8 Å². The Hall–Kier alpha value is -7.22. The molecule has 11 rings (SSSR count). The molecular formula is C56H39N. The van der Waals surface area contributed by atoms with Crippen molar-refractivity contribution in [3.63, 3.8) is 0 Å². The van der Waals surface area contributed by atoms with Crippen LogP contribution in [0.3, 0.4) is 0 Å². The summed E-state index contributed by atoms with van der Waals surface area (Å²) >= 11 is 0. The maximum Gasteiger partial charge on any atom is 0.0714 e. The molecule has 2 aliphatic rings. The lowest BCUT2D eigenvalue weighted by molar-refractivity contribution is 0.767. The van der Waals surface area contributed by atoms with Gasteiger partial charge >= 0.3 is 0 Å². The zero-order valence-corrected chi connectivity index (χ0v) is 31.2. The second kappa shape index (κ2) is 13.2. The number of hydrogen-bond acceptors (Lipinski definition) is 1. The fourth-order valence-electron chi connectivity index (χ4n) is 9.94. The number of hydrogen-bond donors (Lipinski definition) is 0. The Morgan fingerprint density at radius 2 is 0.632 bits per heavy atom. The Balaban J connectivity index is 1.23. The highest BCUT2D eigenvalue weighted by Gasteiger charge is 2.48. The number of benzene rings is 9. The third-order valence-corrected chi connectivity index (χ3v) is 12.1. The van der Waals surface area contributed by atoms with E-state index < -0.39 is 10.8 Å². The molecule has 0 aliphatic heterocycles. The first-order valence-corrected chi connectivity index (χ1v) is 19.5. The summed E-state index contributed by atoms with van der Waals surface area (Å²) in [5, 5.41) is 0. The first-order valence-electron chi connectivity index (χ1n) is 21.5. The molecule has 0 radical (unpaired) electrons. The van der Waals surface area contributed by atoms with Gasteiger partial charge in [0.1, 0.15) is 0 Å². The number of rotatable bonds is 7. The SMILES string of the molecule is [2H]c1cc([2H])c([2H])c(N(c2ccc3c(c2)C(c2ccccc2)(c2ccccc2)c2ccccc2-3)c2ccc3c(c2)C(c2ccccc2)(c2ccccc2)c2ccccc2-3)c1[2H]. The molecule has 0 bridgehead atoms. The molecule has 1 nitrogen and oxygen atoms in total. The van der Waals surface area contributed by atoms with E-state index in [1.807, 2.05) is 4.90 Å². The Morgan fingerprint density at radius 3 is 1.02 bits per heavy atom. The highest BCUT2D eigenvalue weighted by Crippen LogP contribution is 2.59. The minimum absolute atomic E-state index is 0.103. The van der Waals surface area contributed by atoms with Gasteiger partial charge in [-0.1, -0.05) is 200 Å². The van der Waals surface area contributed by atoms with Gasteiger partial charge in [-0.05, 0) is 103 Å². The van der Waals surface area contributed by atoms with Gasteiger partial charge in [0, 0.05) is 17.1 Å². The Kier molecular flexibility index (Phi) is 6.75. The molecule has 0 atom stereocenters. The third kappa shape index (κ3) is 4.82. The lowest BCUT2D eigenvalue weighted by Gasteiger charge is -2.36. The van der Waals surface area contributed by atoms with E-state index in [0.29, 0.717) is 0 Å². The molecule has 2 aliphatic carbocycles. The van der Waals surface area contributed by atoms with Crippen LogP contribution in [0.15, 0.2) is 236 Å². The average molecular weight is 730 g/mol. The van der Waals surface area contributed by atoms with Crippen molar-refractivity contribution in [1.82, 2.24) is 0 Å². The fraction of sp³-hybridized carbons (Fsp3) is 0.0357. The second-order valence-electron chi connectivity index (χ2n) is 14.9. The van der Waals surface area contributed by atoms with E-state index in [-0.39, 0.29) is 29.9 Å². The van der Waals surface area contributed by atoms with Gasteiger partial charge in [0.25, 0.3) is 0 Å². The van der Waals surface area contributed by atoms with Crippen LogP contribution >= 0.6 is 0 Å². The minimum atomic E-state index is -0.684. The number of para-hydroxylation sites is 1. The Morgan fingerprint density at radius 1 is 0.298 bits per heavy atom. The molecule has 268 valence electrons. The number of anilines is 3. The molecule has 0 unspecified atom stereocenters. The van der Waals surface area contributed by atoms with Gasteiger partial charge in [-0.2, -0.15) is 0 Å². The molecule has 0 saturated heterocycles. The van der Waals surface area contributed by atoms with Crippen LogP contribution in [-0.4, -0.2) is 0 Å². The van der Waals surface area contributed by atoms with Crippen molar-refractivity contribution in [2.24, 2.45) is 0 Å². The topological polar surface area (TPSA) is 3.24 Å². The molecule has 9 aromatic carbocycles. The first kappa shape index (κ1) is 29.1. The molecule has 57 heavy (non-hydrogen) atoms. The van der Waals surface area contributed by atoms with Crippen LogP contribution in [0.2, 0.25) is 0 Å². The van der Waals surface area contributed by atoms with Gasteiger partial charge in [-0.25, -0.2) is 0 Å². The molecule has 0 heterocycles. The largest absolute Gasteiger partial charge is 0.310 e. The molecule has 0 spiro atoms. The molecule has 0 aromatic heterocycles. The van der Waals surface area contributed by atoms with E-state index in [0.717, 1.165) is 67.0 Å². The van der Waals surface area contributed by atoms with Gasteiger partial charge in [0.15, 0.2) is 0 Å². The summed E-state index contributed by atoms with van der Waals surface area (Å²) < 4.78 is 36.7. The van der Waals surface area contributed by atoms with Gasteiger partial charge in [-0.15, -0.1) is 0 Å². The quantitative estimate of drug-likeness (QED) is 0.158. The summed E-state index contributed by atoms with van der Waals surface area (Å²) in [6.45, 7) is 0. The zero-order valence-electron chi connectivity index (χ0n) is 35.2. The molecular weight excluding hydrogens is 687 g/mol. The van der Waals surface area contributed by atoms with Crippen molar-refractivity contribution in [3.8, 4) is 22.3 Å². The lowest BCUT2D eigenvalue weighted by Crippen LogP contribution is -2.29. The number of nitrogens with zero attached hydrogens (tertiary/aromatic N) is 1. The first-order chi connectivity index (χ1) is 29.9. The monoisotopic (exact) mass is 729 g/mol. The van der Waals surface area contributed by atoms with Crippen LogP contribution in [0.5, 0.6) is 0 Å². The molecule has 0 fully saturated rings. The van der Waals surface area contributed by atoms with Crippen LogP contribution < -0.4 is 4.90 Å². The summed E-state index contributed by atoms with van der Waals surface area (Å²) in [6.07, 6.45) is 0. The Bertz CT molecular complexity index is 2840. The summed E-state index contributed by atoms with van der Waals surface area (Å²) in [7, 11) is 0. The standard InChI is InChI=1S/C56H39N/c1-6-20-40(21-7-1)55(41-22-8-2-9-23-41)51-32-18-16-30-47(51)49-36-34-45(38-53(49)55)57(44-28-14-5-15-29-44)46-35-37-50-48-31-17-19-33-52(48)56(54(50)39-46,42-24-10-3-11-25-42)43-26-12-4-13-27-43/h1-39H/i14D,15D,28D,29D. The van der Waals surface area contributed by atoms with E-state index in [9.17, 15) is 2.74 Å². The van der Waals surface area contributed by atoms with E-state index >= 15 is 0 Å². The third-order valence-electron chi connectivity index (χ3n) is 12.1. The predicted molar refractivity (Wildman–Crippen MR) is 236 cm³/mol. The van der Waals surface area contributed by atoms with Crippen LogP contribution in [0.1, 0.15) is 50.0 Å². The fourth-order valence-corrected chi connectivity index (χ4v) is 9.94. The number of fused-ring (bicyclic) bond motifs is 6. The summed E-state index contributed by atoms with van der Waals surface area (Å²) in [6, 6.07) is 73.7. The predicted octanol–water partition coefficient (Wildman–Crippen LogP) is 13.9. The highest BCUT2D eigenvalue weighted by atomic mass is 15.1. The van der Waals surface area contributed by atoms with Gasteiger partial charge < -0.3 is 4.90 Å². The maximum atomic E-state index is 9.44. The van der Waals surface area contributed by atoms with Crippen LogP contribution in [0, 0.1) is 0 Å². The minimum Gasteiger partial charge on any atom is -0.310 e. The van der Waals surface area contributed by atoms with Gasteiger partial charge in [0.2, 0.25) is 0 Å². The molecule has 0 amide bonds. The Labute approximate surface area is 340 Å². The lowest BCUT2D eigenvalue weighted by atomic mass is 9.67. The van der Waals surface area contributed by atoms with Crippen LogP contribution in [0.4, 0.5) is 17.1 Å². The highest BCUT2D eigenvalue weighted by molar-refractivity contribution is 5.92. The maximum absolute atomic E-state index is 9.44. The van der Waals surface area contributed by atoms with Crippen molar-refractivity contribution in [2.75, 3.05) is 4.90 Å². The second-order valence-corrected chi connectivity index (χ2v) is 14.9. The molecule has 0 N–H and O–H groups in total. The van der Waals surface area contributed by atoms with E-state index in [4.69, 9.17) is 2.74 Å². The van der Waals surface area contributed by atoms with E-state index in [1.54, 1.807) is 0 Å². The summed E-state index contributed by atoms with van der Waals surface area (Å²) in [5.74, 6) is 0. The smallest absolute Gasteiger partial charge is 0.0714 e. The van der Waals surface area contributed by atoms with Crippen molar-refractivity contribution in [2.45, 2.75) is 10.8 Å². The van der Waals surface area contributed by atoms with Crippen molar-refractivity contribution < 1.29 is 5.48 Å². The van der Waals surface area contributed by atoms with Crippen molar-refractivity contribution in [1.29, 1.82) is 0 Å². The molecule has 0 saturated carbocycles. The van der Waals surface area contributed by atoms with Crippen molar-refractivity contribution in [3.05, 3.63) is 281 Å². The summed E-state index contributed by atoms with van der Waals surface area (Å²) in [5.41, 5.74) is 13.9. The van der Waals surface area contributed by atoms with Gasteiger partial charge in [0.05, 0.1) is 16.3 Å². The molecule has 9 aromatic rings. The van der Waals surface area contributed by atoms with E-state index in [2.05, 4.69) is 206 Å². The van der Waals surface area contributed by atoms with Gasteiger partial charge in [-0.3, -0.25) is 0 Å². The average Bonchev–Trinajstić information content (AvgIpc) is 3.79. The van der Waals surface area contributed by atoms with Crippen LogP contribution in [0.25, 0.3) is 22.3 Å². The van der Waals surface area contributed by atoms with Crippen molar-refractivity contribution >= 4 is 17.1 Å². The normalized spacial score (nSPS) is 14.9. The zero-order chi connectivity index (χ0) is 41.3. The molecule has 1 heteroatoms. The summed E-state index contributed by atoms with van der Waals surface area (Å²) in [4.78, 5) is 1.95. The van der Waals surface area contributed by atoms with E-state index in [1.165, 1.54) is 17.2 Å².